The highest BCUT2D eigenvalue weighted by atomic mass is 32.2. The van der Waals surface area contributed by atoms with Crippen LogP contribution in [0.5, 0.6) is 5.75 Å². The van der Waals surface area contributed by atoms with Gasteiger partial charge in [0.2, 0.25) is 10.0 Å². The third kappa shape index (κ3) is 4.29. The fraction of sp³-hybridized carbons (Fsp3) is 0.261. The summed E-state index contributed by atoms with van der Waals surface area (Å²) in [4.78, 5) is 13.6. The van der Waals surface area contributed by atoms with Crippen molar-refractivity contribution in [2.75, 3.05) is 7.11 Å². The second kappa shape index (κ2) is 9.41. The predicted octanol–water partition coefficient (Wildman–Crippen LogP) is 3.55. The molecule has 1 aliphatic heterocycles. The van der Waals surface area contributed by atoms with Crippen molar-refractivity contribution in [1.82, 2.24) is 9.79 Å². The Bertz CT molecular complexity index is 1180. The molecule has 1 aliphatic rings. The lowest BCUT2D eigenvalue weighted by atomic mass is 9.92. The van der Waals surface area contributed by atoms with Crippen molar-refractivity contribution in [1.29, 1.82) is 0 Å². The first-order chi connectivity index (χ1) is 15.5. The number of benzene rings is 2. The van der Waals surface area contributed by atoms with Crippen molar-refractivity contribution in [3.8, 4) is 5.75 Å². The van der Waals surface area contributed by atoms with E-state index in [0.29, 0.717) is 18.6 Å². The number of carbonyl (C=O) groups is 1. The van der Waals surface area contributed by atoms with Gasteiger partial charge in [0.25, 0.3) is 5.91 Å². The molecule has 32 heavy (non-hydrogen) atoms. The van der Waals surface area contributed by atoms with Crippen LogP contribution in [0.25, 0.3) is 0 Å². The topological polar surface area (TPSA) is 95.9 Å². The summed E-state index contributed by atoms with van der Waals surface area (Å²) in [5.41, 5.74) is 3.65. The van der Waals surface area contributed by atoms with Gasteiger partial charge in [-0.3, -0.25) is 10.0 Å². The maximum absolute atomic E-state index is 13.8. The van der Waals surface area contributed by atoms with E-state index in [1.165, 1.54) is 34.9 Å². The zero-order valence-electron chi connectivity index (χ0n) is 17.5. The minimum Gasteiger partial charge on any atom is -0.497 e. The molecule has 2 aromatic carbocycles. The zero-order chi connectivity index (χ0) is 22.7. The molecule has 7 nitrogen and oxygen atoms in total. The largest absolute Gasteiger partial charge is 0.497 e. The number of aryl methyl sites for hydroxylation is 1. The van der Waals surface area contributed by atoms with Crippen LogP contribution in [-0.4, -0.2) is 37.0 Å². The van der Waals surface area contributed by atoms with E-state index >= 15 is 0 Å². The number of ether oxygens (including phenoxy) is 1. The third-order valence-corrected chi connectivity index (χ3v) is 8.62. The lowest BCUT2D eigenvalue weighted by molar-refractivity contribution is -0.134. The fourth-order valence-corrected chi connectivity index (χ4v) is 6.91. The van der Waals surface area contributed by atoms with Gasteiger partial charge in [0.15, 0.2) is 0 Å². The van der Waals surface area contributed by atoms with Crippen LogP contribution in [0.4, 0.5) is 0 Å². The van der Waals surface area contributed by atoms with E-state index in [-0.39, 0.29) is 11.3 Å². The van der Waals surface area contributed by atoms with E-state index in [2.05, 4.69) is 0 Å². The van der Waals surface area contributed by atoms with Gasteiger partial charge in [-0.15, -0.1) is 11.3 Å². The van der Waals surface area contributed by atoms with Gasteiger partial charge in [-0.2, -0.15) is 4.31 Å². The van der Waals surface area contributed by atoms with E-state index < -0.39 is 28.0 Å². The number of rotatable bonds is 7. The average Bonchev–Trinajstić information content (AvgIpc) is 3.30. The summed E-state index contributed by atoms with van der Waals surface area (Å²) in [6.07, 6.45) is 1.35. The Hall–Kier alpha value is -2.72. The molecule has 0 aliphatic carbocycles. The SMILES string of the molecule is COc1ccc(S(=O)(=O)N2[C@@H](C(=O)NO)Cc3sccc3[C@@H]2CCc2ccccc2)cc1. The zero-order valence-corrected chi connectivity index (χ0v) is 19.1. The first-order valence-corrected chi connectivity index (χ1v) is 12.5. The van der Waals surface area contributed by atoms with Gasteiger partial charge in [0, 0.05) is 11.3 Å². The lowest BCUT2D eigenvalue weighted by Crippen LogP contribution is -2.53. The Morgan fingerprint density at radius 2 is 1.88 bits per heavy atom. The Balaban J connectivity index is 1.78. The van der Waals surface area contributed by atoms with Crippen LogP contribution in [-0.2, 0) is 27.7 Å². The van der Waals surface area contributed by atoms with Gasteiger partial charge in [-0.05, 0) is 59.7 Å². The number of nitrogens with one attached hydrogen (secondary N) is 1. The van der Waals surface area contributed by atoms with Crippen molar-refractivity contribution in [3.05, 3.63) is 82.0 Å². The van der Waals surface area contributed by atoms with Gasteiger partial charge in [0.05, 0.1) is 18.0 Å². The lowest BCUT2D eigenvalue weighted by Gasteiger charge is -2.40. The standard InChI is InChI=1S/C23H24N2O5S2/c1-30-17-8-10-18(11-9-17)32(28,29)25-20(12-7-16-5-3-2-4-6-16)19-13-14-31-22(19)15-21(25)23(26)24-27/h2-6,8-11,13-14,20-21,27H,7,12,15H2,1H3,(H,24,26)/t20-,21+/m0/s1. The highest BCUT2D eigenvalue weighted by molar-refractivity contribution is 7.89. The van der Waals surface area contributed by atoms with Gasteiger partial charge in [-0.1, -0.05) is 30.3 Å². The van der Waals surface area contributed by atoms with Gasteiger partial charge < -0.3 is 4.74 Å². The molecule has 0 bridgehead atoms. The number of nitrogens with zero attached hydrogens (tertiary/aromatic N) is 1. The van der Waals surface area contributed by atoms with E-state index in [1.807, 2.05) is 41.8 Å². The number of thiophene rings is 1. The molecule has 0 unspecified atom stereocenters. The maximum atomic E-state index is 13.8. The van der Waals surface area contributed by atoms with Crippen LogP contribution < -0.4 is 10.2 Å². The van der Waals surface area contributed by atoms with Gasteiger partial charge in [0.1, 0.15) is 11.8 Å². The van der Waals surface area contributed by atoms with Crippen molar-refractivity contribution in [2.24, 2.45) is 0 Å². The number of sulfonamides is 1. The van der Waals surface area contributed by atoms with Crippen LogP contribution >= 0.6 is 11.3 Å². The first kappa shape index (κ1) is 22.5. The van der Waals surface area contributed by atoms with E-state index in [1.54, 1.807) is 17.6 Å². The summed E-state index contributed by atoms with van der Waals surface area (Å²) in [7, 11) is -2.55. The number of hydroxylamine groups is 1. The molecule has 0 radical (unpaired) electrons. The Morgan fingerprint density at radius 1 is 1.16 bits per heavy atom. The monoisotopic (exact) mass is 472 g/mol. The van der Waals surface area contributed by atoms with Crippen LogP contribution in [0, 0.1) is 0 Å². The molecule has 0 fully saturated rings. The molecule has 168 valence electrons. The molecular weight excluding hydrogens is 448 g/mol. The summed E-state index contributed by atoms with van der Waals surface area (Å²) >= 11 is 1.50. The fourth-order valence-electron chi connectivity index (χ4n) is 4.15. The van der Waals surface area contributed by atoms with E-state index in [9.17, 15) is 18.4 Å². The first-order valence-electron chi connectivity index (χ1n) is 10.2. The second-order valence-electron chi connectivity index (χ2n) is 7.55. The molecule has 1 aromatic heterocycles. The molecular formula is C23H24N2O5S2. The number of methoxy groups -OCH3 is 1. The van der Waals surface area contributed by atoms with E-state index in [4.69, 9.17) is 4.74 Å². The van der Waals surface area contributed by atoms with Crippen molar-refractivity contribution in [3.63, 3.8) is 0 Å². The maximum Gasteiger partial charge on any atom is 0.262 e. The summed E-state index contributed by atoms with van der Waals surface area (Å²) in [5.74, 6) is -0.209. The smallest absolute Gasteiger partial charge is 0.262 e. The Labute approximate surface area is 191 Å². The van der Waals surface area contributed by atoms with Crippen molar-refractivity contribution >= 4 is 27.3 Å². The number of hydrogen-bond acceptors (Lipinski definition) is 6. The number of amides is 1. The van der Waals surface area contributed by atoms with E-state index in [0.717, 1.165) is 16.0 Å². The summed E-state index contributed by atoms with van der Waals surface area (Å²) in [5, 5.41) is 11.3. The minimum absolute atomic E-state index is 0.0671. The van der Waals surface area contributed by atoms with Crippen LogP contribution in [0.2, 0.25) is 0 Å². The number of carbonyl (C=O) groups excluding carboxylic acids is 1. The van der Waals surface area contributed by atoms with Crippen molar-refractivity contribution < 1.29 is 23.2 Å². The predicted molar refractivity (Wildman–Crippen MR) is 121 cm³/mol. The quantitative estimate of drug-likeness (QED) is 0.405. The van der Waals surface area contributed by atoms with Gasteiger partial charge >= 0.3 is 0 Å². The number of hydrogen-bond donors (Lipinski definition) is 2. The van der Waals surface area contributed by atoms with Crippen molar-refractivity contribution in [2.45, 2.75) is 36.2 Å². The second-order valence-corrected chi connectivity index (χ2v) is 10.4. The normalized spacial score (nSPS) is 18.7. The Kier molecular flexibility index (Phi) is 6.61. The molecule has 0 saturated heterocycles. The summed E-state index contributed by atoms with van der Waals surface area (Å²) in [6.45, 7) is 0. The third-order valence-electron chi connectivity index (χ3n) is 5.73. The van der Waals surface area contributed by atoms with Crippen LogP contribution in [0.15, 0.2) is 70.9 Å². The van der Waals surface area contributed by atoms with Crippen LogP contribution in [0.1, 0.15) is 28.5 Å². The van der Waals surface area contributed by atoms with Gasteiger partial charge in [-0.25, -0.2) is 13.9 Å². The molecule has 0 spiro atoms. The summed E-state index contributed by atoms with van der Waals surface area (Å²) < 4.78 is 34.0. The molecule has 4 rings (SSSR count). The Morgan fingerprint density at radius 3 is 2.53 bits per heavy atom. The molecule has 2 N–H and O–H groups in total. The molecule has 2 heterocycles. The number of fused-ring (bicyclic) bond motifs is 1. The molecule has 2 atom stereocenters. The molecule has 3 aromatic rings. The molecule has 9 heteroatoms. The highest BCUT2D eigenvalue weighted by Crippen LogP contribution is 2.42. The molecule has 1 amide bonds. The average molecular weight is 473 g/mol. The highest BCUT2D eigenvalue weighted by Gasteiger charge is 2.45. The minimum atomic E-state index is -4.05. The summed E-state index contributed by atoms with van der Waals surface area (Å²) in [6, 6.07) is 16.2. The van der Waals surface area contributed by atoms with Crippen LogP contribution in [0.3, 0.4) is 0 Å². The molecule has 0 saturated carbocycles.